The SMILES string of the molecule is COc1ccc2c(C)cc3nnc(SCC(N)=O)n3c2c1. The molecule has 2 aromatic heterocycles. The van der Waals surface area contributed by atoms with Crippen molar-refractivity contribution in [1.82, 2.24) is 14.6 Å². The van der Waals surface area contributed by atoms with E-state index in [9.17, 15) is 4.79 Å². The van der Waals surface area contributed by atoms with Gasteiger partial charge < -0.3 is 10.5 Å². The van der Waals surface area contributed by atoms with Gasteiger partial charge in [0.05, 0.1) is 18.4 Å². The molecule has 3 aromatic rings. The highest BCUT2D eigenvalue weighted by Crippen LogP contribution is 2.28. The van der Waals surface area contributed by atoms with E-state index in [1.165, 1.54) is 11.8 Å². The quantitative estimate of drug-likeness (QED) is 0.743. The lowest BCUT2D eigenvalue weighted by Gasteiger charge is -2.09. The molecule has 6 nitrogen and oxygen atoms in total. The largest absolute Gasteiger partial charge is 0.497 e. The average Bonchev–Trinajstić information content (AvgIpc) is 2.87. The van der Waals surface area contributed by atoms with E-state index in [4.69, 9.17) is 10.5 Å². The number of pyridine rings is 1. The zero-order valence-corrected chi connectivity index (χ0v) is 12.5. The summed E-state index contributed by atoms with van der Waals surface area (Å²) in [6.45, 7) is 2.03. The number of rotatable bonds is 4. The van der Waals surface area contributed by atoms with Crippen LogP contribution in [0.25, 0.3) is 16.6 Å². The fourth-order valence-electron chi connectivity index (χ4n) is 2.26. The van der Waals surface area contributed by atoms with Crippen molar-refractivity contribution in [1.29, 1.82) is 0 Å². The summed E-state index contributed by atoms with van der Waals surface area (Å²) >= 11 is 1.27. The first kappa shape index (κ1) is 13.7. The maximum atomic E-state index is 11.0. The Hall–Kier alpha value is -2.28. The molecule has 0 atom stereocenters. The molecule has 2 heterocycles. The van der Waals surface area contributed by atoms with Gasteiger partial charge in [0.1, 0.15) is 5.75 Å². The molecular weight excluding hydrogens is 288 g/mol. The Morgan fingerprint density at radius 3 is 2.90 bits per heavy atom. The lowest BCUT2D eigenvalue weighted by Crippen LogP contribution is -2.13. The molecule has 108 valence electrons. The number of ether oxygens (including phenoxy) is 1. The van der Waals surface area contributed by atoms with Crippen molar-refractivity contribution in [2.24, 2.45) is 5.73 Å². The van der Waals surface area contributed by atoms with Crippen LogP contribution in [0.2, 0.25) is 0 Å². The van der Waals surface area contributed by atoms with Crippen molar-refractivity contribution in [3.8, 4) is 5.75 Å². The molecule has 0 radical (unpaired) electrons. The van der Waals surface area contributed by atoms with Crippen molar-refractivity contribution < 1.29 is 9.53 Å². The Bertz CT molecular complexity index is 844. The minimum atomic E-state index is -0.384. The van der Waals surface area contributed by atoms with E-state index in [1.807, 2.05) is 35.6 Å². The number of nitrogens with two attached hydrogens (primary N) is 1. The molecule has 1 aromatic carbocycles. The van der Waals surface area contributed by atoms with Crippen LogP contribution >= 0.6 is 11.8 Å². The molecule has 2 N–H and O–H groups in total. The first-order chi connectivity index (χ1) is 10.1. The Morgan fingerprint density at radius 2 is 2.19 bits per heavy atom. The molecule has 0 saturated carbocycles. The van der Waals surface area contributed by atoms with E-state index in [0.29, 0.717) is 5.16 Å². The predicted molar refractivity (Wildman–Crippen MR) is 81.7 cm³/mol. The first-order valence-corrected chi connectivity index (χ1v) is 7.32. The second-order valence-corrected chi connectivity index (χ2v) is 5.58. The highest BCUT2D eigenvalue weighted by atomic mass is 32.2. The highest BCUT2D eigenvalue weighted by molar-refractivity contribution is 7.99. The Balaban J connectivity index is 2.27. The maximum Gasteiger partial charge on any atom is 0.227 e. The monoisotopic (exact) mass is 302 g/mol. The zero-order chi connectivity index (χ0) is 15.0. The molecule has 0 fully saturated rings. The normalized spacial score (nSPS) is 11.1. The number of primary amides is 1. The number of thioether (sulfide) groups is 1. The van der Waals surface area contributed by atoms with Crippen LogP contribution in [0, 0.1) is 6.92 Å². The van der Waals surface area contributed by atoms with Crippen molar-refractivity contribution >= 4 is 34.2 Å². The molecule has 0 spiro atoms. The molecule has 0 saturated heterocycles. The van der Waals surface area contributed by atoms with E-state index in [0.717, 1.165) is 27.9 Å². The Labute approximate surface area is 125 Å². The second kappa shape index (κ2) is 5.25. The van der Waals surface area contributed by atoms with Gasteiger partial charge in [0.2, 0.25) is 5.91 Å². The van der Waals surface area contributed by atoms with Crippen LogP contribution < -0.4 is 10.5 Å². The summed E-state index contributed by atoms with van der Waals surface area (Å²) in [6.07, 6.45) is 0. The van der Waals surface area contributed by atoms with Crippen LogP contribution in [-0.4, -0.2) is 33.4 Å². The van der Waals surface area contributed by atoms with Crippen LogP contribution in [0.1, 0.15) is 5.56 Å². The summed E-state index contributed by atoms with van der Waals surface area (Å²) in [5.74, 6) is 0.542. The number of amides is 1. The summed E-state index contributed by atoms with van der Waals surface area (Å²) in [5.41, 5.74) is 7.99. The molecule has 0 unspecified atom stereocenters. The van der Waals surface area contributed by atoms with Crippen LogP contribution in [0.15, 0.2) is 29.4 Å². The van der Waals surface area contributed by atoms with Crippen LogP contribution in [-0.2, 0) is 4.79 Å². The van der Waals surface area contributed by atoms with Crippen molar-refractivity contribution in [2.75, 3.05) is 12.9 Å². The molecule has 3 rings (SSSR count). The fourth-order valence-corrected chi connectivity index (χ4v) is 2.95. The predicted octanol–water partition coefficient (Wildman–Crippen LogP) is 1.78. The molecule has 7 heteroatoms. The van der Waals surface area contributed by atoms with Gasteiger partial charge in [-0.3, -0.25) is 9.20 Å². The lowest BCUT2D eigenvalue weighted by atomic mass is 10.1. The average molecular weight is 302 g/mol. The number of nitrogens with zero attached hydrogens (tertiary/aromatic N) is 3. The molecule has 1 amide bonds. The van der Waals surface area contributed by atoms with Crippen molar-refractivity contribution in [2.45, 2.75) is 12.1 Å². The molecule has 0 aliphatic rings. The van der Waals surface area contributed by atoms with E-state index >= 15 is 0 Å². The maximum absolute atomic E-state index is 11.0. The molecule has 0 aliphatic carbocycles. The van der Waals surface area contributed by atoms with Gasteiger partial charge in [-0.15, -0.1) is 10.2 Å². The zero-order valence-electron chi connectivity index (χ0n) is 11.7. The number of hydrogen-bond donors (Lipinski definition) is 1. The Morgan fingerprint density at radius 1 is 1.38 bits per heavy atom. The standard InChI is InChI=1S/C14H14N4O2S/c1-8-5-13-16-17-14(21-7-12(15)19)18(13)11-6-9(20-2)3-4-10(8)11/h3-6H,7H2,1-2H3,(H2,15,19). The number of fused-ring (bicyclic) bond motifs is 3. The minimum absolute atomic E-state index is 0.167. The van der Waals surface area contributed by atoms with Gasteiger partial charge in [-0.25, -0.2) is 0 Å². The lowest BCUT2D eigenvalue weighted by molar-refractivity contribution is -0.115. The number of hydrogen-bond acceptors (Lipinski definition) is 5. The van der Waals surface area contributed by atoms with Crippen LogP contribution in [0.3, 0.4) is 0 Å². The third-order valence-electron chi connectivity index (χ3n) is 3.22. The van der Waals surface area contributed by atoms with Gasteiger partial charge in [-0.05, 0) is 30.7 Å². The summed E-state index contributed by atoms with van der Waals surface area (Å²) in [7, 11) is 1.63. The fraction of sp³-hybridized carbons (Fsp3) is 0.214. The number of carbonyl (C=O) groups excluding carboxylic acids is 1. The highest BCUT2D eigenvalue weighted by Gasteiger charge is 2.13. The summed E-state index contributed by atoms with van der Waals surface area (Å²) in [5, 5.41) is 10.0. The van der Waals surface area contributed by atoms with E-state index in [-0.39, 0.29) is 11.7 Å². The van der Waals surface area contributed by atoms with Crippen molar-refractivity contribution in [3.05, 3.63) is 29.8 Å². The third kappa shape index (κ3) is 2.40. The molecule has 21 heavy (non-hydrogen) atoms. The van der Waals surface area contributed by atoms with E-state index in [2.05, 4.69) is 10.2 Å². The summed E-state index contributed by atoms with van der Waals surface area (Å²) < 4.78 is 7.21. The van der Waals surface area contributed by atoms with E-state index in [1.54, 1.807) is 7.11 Å². The number of methoxy groups -OCH3 is 1. The molecular formula is C14H14N4O2S. The third-order valence-corrected chi connectivity index (χ3v) is 4.17. The van der Waals surface area contributed by atoms with E-state index < -0.39 is 0 Å². The topological polar surface area (TPSA) is 82.5 Å². The second-order valence-electron chi connectivity index (χ2n) is 4.64. The van der Waals surface area contributed by atoms with Gasteiger partial charge in [0.15, 0.2) is 10.8 Å². The number of carbonyl (C=O) groups is 1. The first-order valence-electron chi connectivity index (χ1n) is 6.33. The number of aromatic nitrogens is 3. The number of aryl methyl sites for hydroxylation is 1. The molecule has 0 bridgehead atoms. The smallest absolute Gasteiger partial charge is 0.227 e. The summed E-state index contributed by atoms with van der Waals surface area (Å²) in [4.78, 5) is 11.0. The van der Waals surface area contributed by atoms with Gasteiger partial charge in [0.25, 0.3) is 0 Å². The summed E-state index contributed by atoms with van der Waals surface area (Å²) in [6, 6.07) is 7.83. The number of benzene rings is 1. The van der Waals surface area contributed by atoms with Crippen molar-refractivity contribution in [3.63, 3.8) is 0 Å². The van der Waals surface area contributed by atoms with Crippen LogP contribution in [0.5, 0.6) is 5.75 Å². The van der Waals surface area contributed by atoms with Gasteiger partial charge in [-0.2, -0.15) is 0 Å². The van der Waals surface area contributed by atoms with Gasteiger partial charge in [-0.1, -0.05) is 11.8 Å². The van der Waals surface area contributed by atoms with Gasteiger partial charge in [0, 0.05) is 11.5 Å². The van der Waals surface area contributed by atoms with Crippen LogP contribution in [0.4, 0.5) is 0 Å². The van der Waals surface area contributed by atoms with Gasteiger partial charge >= 0.3 is 0 Å². The Kier molecular flexibility index (Phi) is 3.42. The molecule has 0 aliphatic heterocycles. The minimum Gasteiger partial charge on any atom is -0.497 e.